The first kappa shape index (κ1) is 14.6. The van der Waals surface area contributed by atoms with Gasteiger partial charge in [-0.2, -0.15) is 0 Å². The number of rotatable bonds is 4. The van der Waals surface area contributed by atoms with Crippen molar-refractivity contribution in [3.8, 4) is 5.75 Å². The summed E-state index contributed by atoms with van der Waals surface area (Å²) in [5.74, 6) is 0.958. The standard InChI is InChI=1S/C15H23NO2/c1-15(2,3)12-8-6-7-9-13(12)18-11-10-14(17)16(4)5/h6-9H,10-11H2,1-5H3. The zero-order valence-corrected chi connectivity index (χ0v) is 12.0. The molecule has 1 aromatic carbocycles. The summed E-state index contributed by atoms with van der Waals surface area (Å²) in [6.45, 7) is 6.88. The molecule has 0 heterocycles. The molecule has 0 bridgehead atoms. The molecule has 100 valence electrons. The fraction of sp³-hybridized carbons (Fsp3) is 0.533. The fourth-order valence-electron chi connectivity index (χ4n) is 1.68. The van der Waals surface area contributed by atoms with Gasteiger partial charge in [-0.05, 0) is 17.0 Å². The van der Waals surface area contributed by atoms with Gasteiger partial charge in [-0.25, -0.2) is 0 Å². The molecule has 0 aliphatic heterocycles. The molecule has 0 aromatic heterocycles. The molecule has 1 amide bonds. The second-order valence-corrected chi connectivity index (χ2v) is 5.63. The molecule has 3 nitrogen and oxygen atoms in total. The maximum absolute atomic E-state index is 11.5. The Morgan fingerprint density at radius 2 is 1.83 bits per heavy atom. The molecule has 0 fully saturated rings. The lowest BCUT2D eigenvalue weighted by Crippen LogP contribution is -2.23. The highest BCUT2D eigenvalue weighted by Gasteiger charge is 2.18. The number of ether oxygens (including phenoxy) is 1. The zero-order valence-electron chi connectivity index (χ0n) is 12.0. The third kappa shape index (κ3) is 4.06. The molecule has 0 aliphatic rings. The normalized spacial score (nSPS) is 11.2. The fourth-order valence-corrected chi connectivity index (χ4v) is 1.68. The van der Waals surface area contributed by atoms with E-state index < -0.39 is 0 Å². The number of nitrogens with zero attached hydrogens (tertiary/aromatic N) is 1. The van der Waals surface area contributed by atoms with Crippen molar-refractivity contribution >= 4 is 5.91 Å². The van der Waals surface area contributed by atoms with Gasteiger partial charge in [-0.1, -0.05) is 39.0 Å². The Bertz CT molecular complexity index is 405. The maximum Gasteiger partial charge on any atom is 0.225 e. The van der Waals surface area contributed by atoms with E-state index in [9.17, 15) is 4.79 Å². The maximum atomic E-state index is 11.5. The average molecular weight is 249 g/mol. The summed E-state index contributed by atoms with van der Waals surface area (Å²) >= 11 is 0. The van der Waals surface area contributed by atoms with E-state index in [1.54, 1.807) is 19.0 Å². The summed E-state index contributed by atoms with van der Waals surface area (Å²) in [6, 6.07) is 8.00. The molecular weight excluding hydrogens is 226 g/mol. The molecule has 0 spiro atoms. The molecular formula is C15H23NO2. The second kappa shape index (κ2) is 5.89. The molecule has 18 heavy (non-hydrogen) atoms. The van der Waals surface area contributed by atoms with Crippen molar-refractivity contribution in [2.24, 2.45) is 0 Å². The summed E-state index contributed by atoms with van der Waals surface area (Å²) in [5, 5.41) is 0. The van der Waals surface area contributed by atoms with Gasteiger partial charge >= 0.3 is 0 Å². The van der Waals surface area contributed by atoms with Crippen molar-refractivity contribution in [1.29, 1.82) is 0 Å². The van der Waals surface area contributed by atoms with Crippen molar-refractivity contribution in [2.45, 2.75) is 32.6 Å². The van der Waals surface area contributed by atoms with Crippen molar-refractivity contribution in [3.63, 3.8) is 0 Å². The molecule has 0 unspecified atom stereocenters. The van der Waals surface area contributed by atoms with Gasteiger partial charge in [-0.3, -0.25) is 4.79 Å². The van der Waals surface area contributed by atoms with E-state index in [0.717, 1.165) is 5.75 Å². The summed E-state index contributed by atoms with van der Waals surface area (Å²) in [4.78, 5) is 13.0. The Labute approximate surface area is 110 Å². The molecule has 0 saturated heterocycles. The van der Waals surface area contributed by atoms with Gasteiger partial charge in [0.25, 0.3) is 0 Å². The molecule has 0 N–H and O–H groups in total. The predicted octanol–water partition coefficient (Wildman–Crippen LogP) is 2.84. The van der Waals surface area contributed by atoms with E-state index in [0.29, 0.717) is 13.0 Å². The lowest BCUT2D eigenvalue weighted by Gasteiger charge is -2.22. The van der Waals surface area contributed by atoms with Crippen LogP contribution in [0.1, 0.15) is 32.8 Å². The quantitative estimate of drug-likeness (QED) is 0.821. The van der Waals surface area contributed by atoms with Crippen molar-refractivity contribution < 1.29 is 9.53 Å². The van der Waals surface area contributed by atoms with Gasteiger partial charge in [0.2, 0.25) is 5.91 Å². The Morgan fingerprint density at radius 3 is 2.39 bits per heavy atom. The molecule has 0 radical (unpaired) electrons. The number of amides is 1. The number of carbonyl (C=O) groups is 1. The highest BCUT2D eigenvalue weighted by atomic mass is 16.5. The Balaban J connectivity index is 2.66. The SMILES string of the molecule is CN(C)C(=O)CCOc1ccccc1C(C)(C)C. The van der Waals surface area contributed by atoms with E-state index >= 15 is 0 Å². The van der Waals surface area contributed by atoms with Gasteiger partial charge in [0.1, 0.15) is 5.75 Å². The second-order valence-electron chi connectivity index (χ2n) is 5.63. The van der Waals surface area contributed by atoms with Crippen LogP contribution in [0.3, 0.4) is 0 Å². The van der Waals surface area contributed by atoms with E-state index in [2.05, 4.69) is 26.8 Å². The van der Waals surface area contributed by atoms with Crippen LogP contribution in [0.5, 0.6) is 5.75 Å². The average Bonchev–Trinajstić information content (AvgIpc) is 2.28. The molecule has 0 saturated carbocycles. The minimum atomic E-state index is 0.0438. The minimum Gasteiger partial charge on any atom is -0.493 e. The smallest absolute Gasteiger partial charge is 0.225 e. The number of benzene rings is 1. The van der Waals surface area contributed by atoms with E-state index in [1.807, 2.05) is 18.2 Å². The van der Waals surface area contributed by atoms with Gasteiger partial charge < -0.3 is 9.64 Å². The first-order valence-corrected chi connectivity index (χ1v) is 6.25. The van der Waals surface area contributed by atoms with Crippen molar-refractivity contribution in [3.05, 3.63) is 29.8 Å². The topological polar surface area (TPSA) is 29.5 Å². The Kier molecular flexibility index (Phi) is 4.76. The largest absolute Gasteiger partial charge is 0.493 e. The van der Waals surface area contributed by atoms with Crippen molar-refractivity contribution in [2.75, 3.05) is 20.7 Å². The summed E-state index contributed by atoms with van der Waals surface area (Å²) < 4.78 is 5.74. The van der Waals surface area contributed by atoms with Crippen LogP contribution in [0.4, 0.5) is 0 Å². The number of carbonyl (C=O) groups excluding carboxylic acids is 1. The molecule has 1 aromatic rings. The highest BCUT2D eigenvalue weighted by Crippen LogP contribution is 2.30. The van der Waals surface area contributed by atoms with Crippen LogP contribution in [0.2, 0.25) is 0 Å². The first-order chi connectivity index (χ1) is 8.32. The van der Waals surface area contributed by atoms with Crippen LogP contribution in [-0.4, -0.2) is 31.5 Å². The zero-order chi connectivity index (χ0) is 13.8. The first-order valence-electron chi connectivity index (χ1n) is 6.25. The molecule has 0 aliphatic carbocycles. The highest BCUT2D eigenvalue weighted by molar-refractivity contribution is 5.75. The van der Waals surface area contributed by atoms with Crippen LogP contribution in [0.25, 0.3) is 0 Å². The van der Waals surface area contributed by atoms with Gasteiger partial charge in [0.15, 0.2) is 0 Å². The summed E-state index contributed by atoms with van der Waals surface area (Å²) in [7, 11) is 3.51. The number of para-hydroxylation sites is 1. The molecule has 1 rings (SSSR count). The minimum absolute atomic E-state index is 0.0438. The van der Waals surface area contributed by atoms with Crippen LogP contribution >= 0.6 is 0 Å². The van der Waals surface area contributed by atoms with E-state index in [-0.39, 0.29) is 11.3 Å². The van der Waals surface area contributed by atoms with Gasteiger partial charge in [-0.15, -0.1) is 0 Å². The van der Waals surface area contributed by atoms with E-state index in [1.165, 1.54) is 5.56 Å². The third-order valence-corrected chi connectivity index (χ3v) is 2.77. The Morgan fingerprint density at radius 1 is 1.22 bits per heavy atom. The predicted molar refractivity (Wildman–Crippen MR) is 73.9 cm³/mol. The monoisotopic (exact) mass is 249 g/mol. The van der Waals surface area contributed by atoms with Gasteiger partial charge in [0.05, 0.1) is 13.0 Å². The van der Waals surface area contributed by atoms with Crippen LogP contribution in [0.15, 0.2) is 24.3 Å². The third-order valence-electron chi connectivity index (χ3n) is 2.77. The number of hydrogen-bond donors (Lipinski definition) is 0. The lowest BCUT2D eigenvalue weighted by molar-refractivity contribution is -0.129. The van der Waals surface area contributed by atoms with Crippen LogP contribution in [-0.2, 0) is 10.2 Å². The van der Waals surface area contributed by atoms with Crippen molar-refractivity contribution in [1.82, 2.24) is 4.90 Å². The summed E-state index contributed by atoms with van der Waals surface area (Å²) in [5.41, 5.74) is 1.21. The summed E-state index contributed by atoms with van der Waals surface area (Å²) in [6.07, 6.45) is 0.408. The number of hydrogen-bond acceptors (Lipinski definition) is 2. The lowest BCUT2D eigenvalue weighted by atomic mass is 9.86. The van der Waals surface area contributed by atoms with Crippen LogP contribution < -0.4 is 4.74 Å². The molecule has 3 heteroatoms. The van der Waals surface area contributed by atoms with Gasteiger partial charge in [0, 0.05) is 14.1 Å². The Hall–Kier alpha value is -1.51. The van der Waals surface area contributed by atoms with Crippen LogP contribution in [0, 0.1) is 0 Å². The van der Waals surface area contributed by atoms with E-state index in [4.69, 9.17) is 4.74 Å². The molecule has 0 atom stereocenters.